The number of carboxylic acid groups (broad SMARTS) is 1. The number of carbonyl (C=O) groups excluding carboxylic acids is 1. The number of primary amides is 1. The molecule has 94 valence electrons. The highest BCUT2D eigenvalue weighted by molar-refractivity contribution is 5.86. The molecule has 7 heteroatoms. The Balaban J connectivity index is 3.22. The van der Waals surface area contributed by atoms with Gasteiger partial charge in [-0.1, -0.05) is 19.1 Å². The third kappa shape index (κ3) is 2.80. The van der Waals surface area contributed by atoms with Gasteiger partial charge in [0.05, 0.1) is 5.69 Å². The van der Waals surface area contributed by atoms with E-state index in [0.29, 0.717) is 5.69 Å². The predicted octanol–water partition coefficient (Wildman–Crippen LogP) is 0.365. The van der Waals surface area contributed by atoms with Crippen molar-refractivity contribution in [3.05, 3.63) is 11.4 Å². The van der Waals surface area contributed by atoms with Crippen LogP contribution in [-0.2, 0) is 11.3 Å². The van der Waals surface area contributed by atoms with Crippen LogP contribution in [0.1, 0.15) is 48.8 Å². The summed E-state index contributed by atoms with van der Waals surface area (Å²) in [6.07, 6.45) is 1.51. The van der Waals surface area contributed by atoms with Gasteiger partial charge in [-0.25, -0.2) is 9.48 Å². The van der Waals surface area contributed by atoms with E-state index >= 15 is 0 Å². The summed E-state index contributed by atoms with van der Waals surface area (Å²) in [4.78, 5) is 21.9. The number of rotatable bonds is 6. The van der Waals surface area contributed by atoms with Crippen molar-refractivity contribution in [1.29, 1.82) is 0 Å². The van der Waals surface area contributed by atoms with Crippen LogP contribution in [0.4, 0.5) is 0 Å². The van der Waals surface area contributed by atoms with Gasteiger partial charge in [-0.15, -0.1) is 5.10 Å². The first-order chi connectivity index (χ1) is 8.01. The maximum atomic E-state index is 11.0. The molecule has 0 saturated carbocycles. The number of carboxylic acids is 1. The lowest BCUT2D eigenvalue weighted by atomic mass is 9.97. The number of hydrogen-bond donors (Lipinski definition) is 2. The monoisotopic (exact) mass is 240 g/mol. The summed E-state index contributed by atoms with van der Waals surface area (Å²) in [7, 11) is 0. The molecule has 0 atom stereocenters. The molecule has 17 heavy (non-hydrogen) atoms. The maximum absolute atomic E-state index is 11.0. The van der Waals surface area contributed by atoms with Gasteiger partial charge in [0.15, 0.2) is 5.69 Å². The molecular weight excluding hydrogens is 224 g/mol. The molecule has 0 bridgehead atoms. The fourth-order valence-corrected chi connectivity index (χ4v) is 1.82. The number of aromatic carboxylic acids is 1. The van der Waals surface area contributed by atoms with Crippen molar-refractivity contribution in [2.45, 2.75) is 39.2 Å². The Morgan fingerprint density at radius 1 is 1.41 bits per heavy atom. The maximum Gasteiger partial charge on any atom is 0.358 e. The van der Waals surface area contributed by atoms with Crippen molar-refractivity contribution in [3.8, 4) is 0 Å². The Bertz CT molecular complexity index is 423. The van der Waals surface area contributed by atoms with Crippen molar-refractivity contribution in [3.63, 3.8) is 0 Å². The molecule has 1 amide bonds. The average Bonchev–Trinajstić information content (AvgIpc) is 2.63. The van der Waals surface area contributed by atoms with E-state index in [4.69, 9.17) is 10.8 Å². The Morgan fingerprint density at radius 2 is 2.00 bits per heavy atom. The summed E-state index contributed by atoms with van der Waals surface area (Å²) in [6, 6.07) is 0. The first-order valence-electron chi connectivity index (χ1n) is 5.46. The van der Waals surface area contributed by atoms with Crippen LogP contribution in [0.3, 0.4) is 0 Å². The van der Waals surface area contributed by atoms with Crippen LogP contribution in [-0.4, -0.2) is 32.0 Å². The second-order valence-corrected chi connectivity index (χ2v) is 3.77. The highest BCUT2D eigenvalue weighted by Gasteiger charge is 2.24. The summed E-state index contributed by atoms with van der Waals surface area (Å²) in [5, 5.41) is 16.3. The van der Waals surface area contributed by atoms with Crippen molar-refractivity contribution in [2.75, 3.05) is 0 Å². The normalized spacial score (nSPS) is 10.8. The second kappa shape index (κ2) is 5.42. The highest BCUT2D eigenvalue weighted by atomic mass is 16.4. The van der Waals surface area contributed by atoms with E-state index in [0.717, 1.165) is 12.8 Å². The minimum atomic E-state index is -1.14. The lowest BCUT2D eigenvalue weighted by molar-refractivity contribution is -0.118. The SMILES string of the molecule is CCC(CC)c1c(C(=O)O)nnn1CC(N)=O. The summed E-state index contributed by atoms with van der Waals surface area (Å²) in [6.45, 7) is 3.74. The molecule has 1 aromatic rings. The van der Waals surface area contributed by atoms with E-state index in [1.165, 1.54) is 4.68 Å². The highest BCUT2D eigenvalue weighted by Crippen LogP contribution is 2.25. The zero-order chi connectivity index (χ0) is 13.0. The Labute approximate surface area is 98.6 Å². The van der Waals surface area contributed by atoms with Crippen LogP contribution < -0.4 is 5.73 Å². The fraction of sp³-hybridized carbons (Fsp3) is 0.600. The van der Waals surface area contributed by atoms with E-state index in [-0.39, 0.29) is 18.2 Å². The first kappa shape index (κ1) is 13.1. The molecule has 0 spiro atoms. The topological polar surface area (TPSA) is 111 Å². The lowest BCUT2D eigenvalue weighted by Crippen LogP contribution is -2.22. The fourth-order valence-electron chi connectivity index (χ4n) is 1.82. The molecule has 1 heterocycles. The van der Waals surface area contributed by atoms with Gasteiger partial charge in [-0.3, -0.25) is 4.79 Å². The second-order valence-electron chi connectivity index (χ2n) is 3.77. The number of nitrogens with two attached hydrogens (primary N) is 1. The molecule has 1 rings (SSSR count). The minimum Gasteiger partial charge on any atom is -0.476 e. The number of aromatic nitrogens is 3. The molecule has 0 aromatic carbocycles. The molecule has 0 aliphatic rings. The van der Waals surface area contributed by atoms with Gasteiger partial charge in [-0.2, -0.15) is 0 Å². The Morgan fingerprint density at radius 3 is 2.41 bits per heavy atom. The molecule has 1 aromatic heterocycles. The number of nitrogens with zero attached hydrogens (tertiary/aromatic N) is 3. The van der Waals surface area contributed by atoms with Gasteiger partial charge in [0, 0.05) is 5.92 Å². The van der Waals surface area contributed by atoms with Crippen LogP contribution in [0.25, 0.3) is 0 Å². The standard InChI is InChI=1S/C10H16N4O3/c1-3-6(4-2)9-8(10(16)17)12-13-14(9)5-7(11)15/h6H,3-5H2,1-2H3,(H2,11,15)(H,16,17). The molecule has 0 saturated heterocycles. The van der Waals surface area contributed by atoms with E-state index in [9.17, 15) is 9.59 Å². The molecular formula is C10H16N4O3. The van der Waals surface area contributed by atoms with Gasteiger partial charge in [-0.05, 0) is 12.8 Å². The number of amides is 1. The summed E-state index contributed by atoms with van der Waals surface area (Å²) in [5.74, 6) is -1.70. The number of hydrogen-bond acceptors (Lipinski definition) is 4. The molecule has 7 nitrogen and oxygen atoms in total. The Hall–Kier alpha value is -1.92. The van der Waals surface area contributed by atoms with Crippen molar-refractivity contribution < 1.29 is 14.7 Å². The summed E-state index contributed by atoms with van der Waals surface area (Å²) in [5.41, 5.74) is 5.46. The number of carbonyl (C=O) groups is 2. The molecule has 0 fully saturated rings. The largest absolute Gasteiger partial charge is 0.476 e. The van der Waals surface area contributed by atoms with Crippen molar-refractivity contribution >= 4 is 11.9 Å². The van der Waals surface area contributed by atoms with E-state index in [1.807, 2.05) is 13.8 Å². The summed E-state index contributed by atoms with van der Waals surface area (Å²) >= 11 is 0. The van der Waals surface area contributed by atoms with E-state index in [1.54, 1.807) is 0 Å². The van der Waals surface area contributed by atoms with Gasteiger partial charge in [0.25, 0.3) is 0 Å². The molecule has 3 N–H and O–H groups in total. The van der Waals surface area contributed by atoms with Gasteiger partial charge >= 0.3 is 5.97 Å². The molecule has 0 aliphatic carbocycles. The summed E-state index contributed by atoms with van der Waals surface area (Å²) < 4.78 is 1.28. The quantitative estimate of drug-likeness (QED) is 0.746. The smallest absolute Gasteiger partial charge is 0.358 e. The van der Waals surface area contributed by atoms with Crippen LogP contribution in [0.15, 0.2) is 0 Å². The van der Waals surface area contributed by atoms with Crippen molar-refractivity contribution in [2.24, 2.45) is 5.73 Å². The Kier molecular flexibility index (Phi) is 4.19. The van der Waals surface area contributed by atoms with E-state index < -0.39 is 11.9 Å². The minimum absolute atomic E-state index is 0.00968. The average molecular weight is 240 g/mol. The molecule has 0 unspecified atom stereocenters. The van der Waals surface area contributed by atoms with Crippen LogP contribution in [0.2, 0.25) is 0 Å². The zero-order valence-electron chi connectivity index (χ0n) is 9.88. The zero-order valence-corrected chi connectivity index (χ0v) is 9.88. The predicted molar refractivity (Wildman–Crippen MR) is 59.5 cm³/mol. The first-order valence-corrected chi connectivity index (χ1v) is 5.46. The van der Waals surface area contributed by atoms with Gasteiger partial charge < -0.3 is 10.8 Å². The van der Waals surface area contributed by atoms with Crippen molar-refractivity contribution in [1.82, 2.24) is 15.0 Å². The van der Waals surface area contributed by atoms with E-state index in [2.05, 4.69) is 10.3 Å². The van der Waals surface area contributed by atoms with Crippen LogP contribution in [0, 0.1) is 0 Å². The molecule has 0 aliphatic heterocycles. The molecule has 0 radical (unpaired) electrons. The van der Waals surface area contributed by atoms with Crippen LogP contribution >= 0.6 is 0 Å². The van der Waals surface area contributed by atoms with Gasteiger partial charge in [0.2, 0.25) is 5.91 Å². The third-order valence-corrected chi connectivity index (χ3v) is 2.65. The van der Waals surface area contributed by atoms with Crippen LogP contribution in [0.5, 0.6) is 0 Å². The van der Waals surface area contributed by atoms with Gasteiger partial charge in [0.1, 0.15) is 6.54 Å². The lowest BCUT2D eigenvalue weighted by Gasteiger charge is -2.14. The third-order valence-electron chi connectivity index (χ3n) is 2.65.